The van der Waals surface area contributed by atoms with E-state index in [-0.39, 0.29) is 18.3 Å². The molecule has 106 valence electrons. The van der Waals surface area contributed by atoms with Crippen LogP contribution in [0, 0.1) is 0 Å². The molecule has 2 N–H and O–H groups in total. The molecule has 1 amide bonds. The van der Waals surface area contributed by atoms with Crippen LogP contribution in [-0.4, -0.2) is 5.91 Å². The Balaban J connectivity index is 0.00000200. The van der Waals surface area contributed by atoms with E-state index in [1.54, 1.807) is 0 Å². The van der Waals surface area contributed by atoms with Gasteiger partial charge in [-0.15, -0.1) is 12.4 Å². The lowest BCUT2D eigenvalue weighted by molar-refractivity contribution is -0.114. The van der Waals surface area contributed by atoms with Crippen molar-refractivity contribution in [3.05, 3.63) is 65.7 Å². The molecule has 0 aliphatic heterocycles. The summed E-state index contributed by atoms with van der Waals surface area (Å²) in [6.45, 7) is 3.18. The molecular formula is C16H19ClN2O. The van der Waals surface area contributed by atoms with Gasteiger partial charge in [-0.1, -0.05) is 42.5 Å². The van der Waals surface area contributed by atoms with Crippen LogP contribution >= 0.6 is 12.4 Å². The Morgan fingerprint density at radius 2 is 1.45 bits per heavy atom. The molecular weight excluding hydrogens is 272 g/mol. The van der Waals surface area contributed by atoms with Gasteiger partial charge in [0.1, 0.15) is 0 Å². The molecule has 0 saturated heterocycles. The summed E-state index contributed by atoms with van der Waals surface area (Å²) in [5.41, 5.74) is 3.31. The number of carbonyl (C=O) groups excluding carboxylic acids is 1. The van der Waals surface area contributed by atoms with Gasteiger partial charge in [-0.2, -0.15) is 0 Å². The Labute approximate surface area is 125 Å². The molecule has 0 bridgehead atoms. The molecule has 0 atom stereocenters. The summed E-state index contributed by atoms with van der Waals surface area (Å²) < 4.78 is 0. The lowest BCUT2D eigenvalue weighted by Gasteiger charge is -2.06. The Hall–Kier alpha value is -1.84. The van der Waals surface area contributed by atoms with E-state index < -0.39 is 0 Å². The first-order valence-electron chi connectivity index (χ1n) is 6.35. The van der Waals surface area contributed by atoms with Crippen LogP contribution in [-0.2, 0) is 17.9 Å². The molecule has 4 heteroatoms. The minimum atomic E-state index is -0.0463. The van der Waals surface area contributed by atoms with Crippen LogP contribution in [0.15, 0.2) is 54.6 Å². The summed E-state index contributed by atoms with van der Waals surface area (Å²) in [4.78, 5) is 10.9. The Morgan fingerprint density at radius 1 is 0.900 bits per heavy atom. The minimum absolute atomic E-state index is 0. The SMILES string of the molecule is CC(=O)Nc1ccc(CNCc2ccccc2)cc1.Cl. The maximum atomic E-state index is 10.9. The van der Waals surface area contributed by atoms with Crippen molar-refractivity contribution in [1.82, 2.24) is 5.32 Å². The zero-order chi connectivity index (χ0) is 13.5. The first-order chi connectivity index (χ1) is 9.24. The number of halogens is 1. The predicted molar refractivity (Wildman–Crippen MR) is 85.0 cm³/mol. The van der Waals surface area contributed by atoms with Crippen LogP contribution in [0.5, 0.6) is 0 Å². The lowest BCUT2D eigenvalue weighted by atomic mass is 10.2. The first-order valence-corrected chi connectivity index (χ1v) is 6.35. The van der Waals surface area contributed by atoms with Crippen molar-refractivity contribution in [2.24, 2.45) is 0 Å². The molecule has 2 aromatic rings. The van der Waals surface area contributed by atoms with Gasteiger partial charge in [0.05, 0.1) is 0 Å². The van der Waals surface area contributed by atoms with Gasteiger partial charge in [-0.05, 0) is 23.3 Å². The average molecular weight is 291 g/mol. The fourth-order valence-electron chi connectivity index (χ4n) is 1.86. The highest BCUT2D eigenvalue weighted by Gasteiger charge is 1.97. The van der Waals surface area contributed by atoms with Crippen molar-refractivity contribution in [1.29, 1.82) is 0 Å². The summed E-state index contributed by atoms with van der Waals surface area (Å²) in [6.07, 6.45) is 0. The Kier molecular flexibility index (Phi) is 6.77. The van der Waals surface area contributed by atoms with E-state index in [4.69, 9.17) is 0 Å². The van der Waals surface area contributed by atoms with Crippen LogP contribution in [0.1, 0.15) is 18.1 Å². The van der Waals surface area contributed by atoms with Crippen LogP contribution in [0.2, 0.25) is 0 Å². The number of hydrogen-bond acceptors (Lipinski definition) is 2. The molecule has 2 aromatic carbocycles. The van der Waals surface area contributed by atoms with Crippen LogP contribution in [0.25, 0.3) is 0 Å². The average Bonchev–Trinajstić information content (AvgIpc) is 2.41. The van der Waals surface area contributed by atoms with Gasteiger partial charge in [0.15, 0.2) is 0 Å². The third-order valence-electron chi connectivity index (χ3n) is 2.78. The largest absolute Gasteiger partial charge is 0.326 e. The monoisotopic (exact) mass is 290 g/mol. The van der Waals surface area contributed by atoms with E-state index in [1.165, 1.54) is 18.1 Å². The highest BCUT2D eigenvalue weighted by molar-refractivity contribution is 5.88. The molecule has 3 nitrogen and oxygen atoms in total. The topological polar surface area (TPSA) is 41.1 Å². The van der Waals surface area contributed by atoms with Gasteiger partial charge >= 0.3 is 0 Å². The van der Waals surface area contributed by atoms with Gasteiger partial charge in [0.25, 0.3) is 0 Å². The number of benzene rings is 2. The minimum Gasteiger partial charge on any atom is -0.326 e. The summed E-state index contributed by atoms with van der Waals surface area (Å²) in [5, 5.41) is 6.15. The van der Waals surface area contributed by atoms with E-state index in [9.17, 15) is 4.79 Å². The number of rotatable bonds is 5. The Bertz CT molecular complexity index is 526. The van der Waals surface area contributed by atoms with Gasteiger partial charge in [-0.25, -0.2) is 0 Å². The molecule has 0 saturated carbocycles. The molecule has 0 radical (unpaired) electrons. The van der Waals surface area contributed by atoms with E-state index in [2.05, 4.69) is 22.8 Å². The highest BCUT2D eigenvalue weighted by Crippen LogP contribution is 2.09. The van der Waals surface area contributed by atoms with Gasteiger partial charge < -0.3 is 10.6 Å². The highest BCUT2D eigenvalue weighted by atomic mass is 35.5. The summed E-state index contributed by atoms with van der Waals surface area (Å²) in [6, 6.07) is 18.2. The summed E-state index contributed by atoms with van der Waals surface area (Å²) in [7, 11) is 0. The zero-order valence-corrected chi connectivity index (χ0v) is 12.2. The van der Waals surface area contributed by atoms with E-state index in [0.717, 1.165) is 18.8 Å². The van der Waals surface area contributed by atoms with E-state index in [0.29, 0.717) is 0 Å². The van der Waals surface area contributed by atoms with Crippen molar-refractivity contribution in [2.45, 2.75) is 20.0 Å². The number of nitrogens with one attached hydrogen (secondary N) is 2. The molecule has 0 aromatic heterocycles. The van der Waals surface area contributed by atoms with Gasteiger partial charge in [0, 0.05) is 25.7 Å². The van der Waals surface area contributed by atoms with Crippen molar-refractivity contribution >= 4 is 24.0 Å². The van der Waals surface area contributed by atoms with Crippen LogP contribution in [0.3, 0.4) is 0 Å². The molecule has 0 spiro atoms. The number of anilines is 1. The second kappa shape index (κ2) is 8.35. The Morgan fingerprint density at radius 3 is 2.00 bits per heavy atom. The van der Waals surface area contributed by atoms with Crippen molar-refractivity contribution in [3.8, 4) is 0 Å². The summed E-state index contributed by atoms with van der Waals surface area (Å²) >= 11 is 0. The molecule has 0 unspecified atom stereocenters. The smallest absolute Gasteiger partial charge is 0.221 e. The first kappa shape index (κ1) is 16.2. The summed E-state index contributed by atoms with van der Waals surface area (Å²) in [5.74, 6) is -0.0463. The molecule has 0 fully saturated rings. The molecule has 0 aliphatic rings. The third kappa shape index (κ3) is 5.43. The second-order valence-electron chi connectivity index (χ2n) is 4.47. The van der Waals surface area contributed by atoms with E-state index >= 15 is 0 Å². The van der Waals surface area contributed by atoms with Crippen molar-refractivity contribution in [3.63, 3.8) is 0 Å². The zero-order valence-electron chi connectivity index (χ0n) is 11.4. The number of hydrogen-bond donors (Lipinski definition) is 2. The maximum Gasteiger partial charge on any atom is 0.221 e. The maximum absolute atomic E-state index is 10.9. The molecule has 0 heterocycles. The van der Waals surface area contributed by atoms with Crippen LogP contribution < -0.4 is 10.6 Å². The third-order valence-corrected chi connectivity index (χ3v) is 2.78. The van der Waals surface area contributed by atoms with Crippen molar-refractivity contribution in [2.75, 3.05) is 5.32 Å². The van der Waals surface area contributed by atoms with E-state index in [1.807, 2.05) is 42.5 Å². The second-order valence-corrected chi connectivity index (χ2v) is 4.47. The normalized spacial score (nSPS) is 9.65. The molecule has 0 aliphatic carbocycles. The van der Waals surface area contributed by atoms with Crippen molar-refractivity contribution < 1.29 is 4.79 Å². The number of amides is 1. The number of carbonyl (C=O) groups is 1. The van der Waals surface area contributed by atoms with Crippen LogP contribution in [0.4, 0.5) is 5.69 Å². The standard InChI is InChI=1S/C16H18N2O.ClH/c1-13(19)18-16-9-7-15(8-10-16)12-17-11-14-5-3-2-4-6-14;/h2-10,17H,11-12H2,1H3,(H,18,19);1H. The van der Waals surface area contributed by atoms with Gasteiger partial charge in [-0.3, -0.25) is 4.79 Å². The lowest BCUT2D eigenvalue weighted by Crippen LogP contribution is -2.12. The molecule has 2 rings (SSSR count). The van der Waals surface area contributed by atoms with Gasteiger partial charge in [0.2, 0.25) is 5.91 Å². The predicted octanol–water partition coefficient (Wildman–Crippen LogP) is 3.36. The quantitative estimate of drug-likeness (QED) is 0.886. The fraction of sp³-hybridized carbons (Fsp3) is 0.188. The fourth-order valence-corrected chi connectivity index (χ4v) is 1.86. The molecule has 20 heavy (non-hydrogen) atoms.